The molecule has 0 bridgehead atoms. The summed E-state index contributed by atoms with van der Waals surface area (Å²) >= 11 is 1.31. The lowest BCUT2D eigenvalue weighted by Gasteiger charge is -2.14. The van der Waals surface area contributed by atoms with Gasteiger partial charge in [-0.25, -0.2) is 23.5 Å². The number of carbonyl (C=O) groups excluding carboxylic acids is 1. The number of hydrogen-bond donors (Lipinski definition) is 3. The number of aromatic nitrogens is 2. The fraction of sp³-hybridized carbons (Fsp3) is 0.150. The molecule has 4 N–H and O–H groups in total. The number of nitrogens with two attached hydrogens (primary N) is 1. The second-order valence-corrected chi connectivity index (χ2v) is 8.78. The Balaban J connectivity index is 1.99. The summed E-state index contributed by atoms with van der Waals surface area (Å²) in [5.74, 6) is 0.393. The van der Waals surface area contributed by atoms with E-state index < -0.39 is 10.0 Å². The average Bonchev–Trinajstić information content (AvgIpc) is 2.73. The van der Waals surface area contributed by atoms with Crippen LogP contribution in [0.5, 0.6) is 0 Å². The molecule has 0 fully saturated rings. The van der Waals surface area contributed by atoms with E-state index in [0.717, 1.165) is 5.56 Å². The molecule has 0 radical (unpaired) electrons. The summed E-state index contributed by atoms with van der Waals surface area (Å²) in [4.78, 5) is 21.9. The molecule has 0 saturated heterocycles. The highest BCUT2D eigenvalue weighted by Gasteiger charge is 2.21. The number of amides is 1. The average molecular weight is 444 g/mol. The first kappa shape index (κ1) is 21.8. The number of nitrogens with zero attached hydrogens (tertiary/aromatic N) is 2. The molecule has 0 aliphatic heterocycles. The van der Waals surface area contributed by atoms with Crippen LogP contribution in [0.15, 0.2) is 58.5 Å². The van der Waals surface area contributed by atoms with Gasteiger partial charge in [0.05, 0.1) is 4.90 Å². The Morgan fingerprint density at radius 1 is 1.03 bits per heavy atom. The highest BCUT2D eigenvalue weighted by Crippen LogP contribution is 2.29. The van der Waals surface area contributed by atoms with Gasteiger partial charge in [-0.2, -0.15) is 0 Å². The van der Waals surface area contributed by atoms with Crippen LogP contribution in [0, 0.1) is 6.92 Å². The van der Waals surface area contributed by atoms with Crippen LogP contribution in [0.4, 0.5) is 11.5 Å². The molecule has 1 aromatic heterocycles. The molecule has 0 unspecified atom stereocenters. The molecule has 1 heterocycles. The van der Waals surface area contributed by atoms with Crippen LogP contribution in [0.25, 0.3) is 11.4 Å². The number of thioether (sulfide) groups is 1. The number of sulfonamides is 1. The van der Waals surface area contributed by atoms with E-state index in [9.17, 15) is 13.2 Å². The standard InChI is InChI=1S/C20H21N5O3S2/c1-12-4-8-14(9-5-12)23-19(26)16-18(22-2)24-17(25-20(16)29-3)13-6-10-15(11-7-13)30(21,27)28/h4-11H,1-3H3,(H,23,26)(H2,21,27,28)(H,22,24,25). The quantitative estimate of drug-likeness (QED) is 0.394. The van der Waals surface area contributed by atoms with E-state index >= 15 is 0 Å². The maximum Gasteiger partial charge on any atom is 0.262 e. The van der Waals surface area contributed by atoms with Crippen molar-refractivity contribution >= 4 is 39.2 Å². The number of primary sulfonamides is 1. The van der Waals surface area contributed by atoms with Crippen molar-refractivity contribution in [2.24, 2.45) is 5.14 Å². The van der Waals surface area contributed by atoms with Gasteiger partial charge in [0.25, 0.3) is 5.91 Å². The normalized spacial score (nSPS) is 11.2. The Labute approximate surface area is 179 Å². The van der Waals surface area contributed by atoms with Crippen LogP contribution in [-0.4, -0.2) is 37.6 Å². The number of aryl methyl sites for hydroxylation is 1. The second kappa shape index (κ2) is 8.82. The Kier molecular flexibility index (Phi) is 6.40. The van der Waals surface area contributed by atoms with Crippen molar-refractivity contribution in [3.63, 3.8) is 0 Å². The number of rotatable bonds is 6. The van der Waals surface area contributed by atoms with Crippen molar-refractivity contribution in [2.45, 2.75) is 16.8 Å². The third-order valence-corrected chi connectivity index (χ3v) is 5.89. The zero-order valence-corrected chi connectivity index (χ0v) is 18.3. The van der Waals surface area contributed by atoms with Crippen molar-refractivity contribution < 1.29 is 13.2 Å². The van der Waals surface area contributed by atoms with Gasteiger partial charge in [0.1, 0.15) is 16.4 Å². The van der Waals surface area contributed by atoms with E-state index in [-0.39, 0.29) is 10.8 Å². The van der Waals surface area contributed by atoms with Gasteiger partial charge >= 0.3 is 0 Å². The Bertz CT molecular complexity index is 1150. The lowest BCUT2D eigenvalue weighted by molar-refractivity contribution is 0.102. The summed E-state index contributed by atoms with van der Waals surface area (Å²) in [7, 11) is -2.12. The van der Waals surface area contributed by atoms with Gasteiger partial charge in [0.2, 0.25) is 10.0 Å². The minimum absolute atomic E-state index is 0.000671. The molecule has 30 heavy (non-hydrogen) atoms. The second-order valence-electron chi connectivity index (χ2n) is 6.42. The lowest BCUT2D eigenvalue weighted by Crippen LogP contribution is -2.17. The first-order valence-corrected chi connectivity index (χ1v) is 11.6. The minimum atomic E-state index is -3.79. The molecule has 0 spiro atoms. The number of benzene rings is 2. The maximum absolute atomic E-state index is 12.9. The van der Waals surface area contributed by atoms with Crippen LogP contribution in [0.1, 0.15) is 15.9 Å². The zero-order chi connectivity index (χ0) is 21.9. The predicted molar refractivity (Wildman–Crippen MR) is 119 cm³/mol. The first-order chi connectivity index (χ1) is 14.2. The monoisotopic (exact) mass is 443 g/mol. The fourth-order valence-corrected chi connectivity index (χ4v) is 3.81. The largest absolute Gasteiger partial charge is 0.372 e. The van der Waals surface area contributed by atoms with Gasteiger partial charge in [-0.1, -0.05) is 17.7 Å². The summed E-state index contributed by atoms with van der Waals surface area (Å²) < 4.78 is 22.9. The Morgan fingerprint density at radius 3 is 2.20 bits per heavy atom. The summed E-state index contributed by atoms with van der Waals surface area (Å²) in [5, 5.41) is 11.5. The predicted octanol–water partition coefficient (Wildman–Crippen LogP) is 3.12. The van der Waals surface area contributed by atoms with E-state index in [1.165, 1.54) is 23.9 Å². The molecule has 0 aliphatic carbocycles. The Hall–Kier alpha value is -2.95. The number of hydrogen-bond acceptors (Lipinski definition) is 7. The molecular weight excluding hydrogens is 422 g/mol. The van der Waals surface area contributed by atoms with Crippen molar-refractivity contribution in [3.8, 4) is 11.4 Å². The summed E-state index contributed by atoms with van der Waals surface area (Å²) in [5.41, 5.74) is 2.69. The van der Waals surface area contributed by atoms with E-state index in [1.807, 2.05) is 37.4 Å². The highest BCUT2D eigenvalue weighted by atomic mass is 32.2. The van der Waals surface area contributed by atoms with Gasteiger partial charge < -0.3 is 10.6 Å². The van der Waals surface area contributed by atoms with Crippen LogP contribution < -0.4 is 15.8 Å². The molecule has 10 heteroatoms. The third-order valence-electron chi connectivity index (χ3n) is 4.28. The maximum atomic E-state index is 12.9. The van der Waals surface area contributed by atoms with Crippen molar-refractivity contribution in [2.75, 3.05) is 23.9 Å². The molecule has 2 aromatic carbocycles. The van der Waals surface area contributed by atoms with Crippen LogP contribution >= 0.6 is 11.8 Å². The summed E-state index contributed by atoms with van der Waals surface area (Å²) in [6.07, 6.45) is 1.82. The lowest BCUT2D eigenvalue weighted by atomic mass is 10.2. The summed E-state index contributed by atoms with van der Waals surface area (Å²) in [6.45, 7) is 1.97. The molecule has 0 aliphatic rings. The first-order valence-electron chi connectivity index (χ1n) is 8.88. The molecule has 0 saturated carbocycles. The SMILES string of the molecule is CNc1nc(-c2ccc(S(N)(=O)=O)cc2)nc(SC)c1C(=O)Nc1ccc(C)cc1. The van der Waals surface area contributed by atoms with Gasteiger partial charge in [0, 0.05) is 18.3 Å². The van der Waals surface area contributed by atoms with E-state index in [1.54, 1.807) is 19.2 Å². The van der Waals surface area contributed by atoms with Crippen molar-refractivity contribution in [1.29, 1.82) is 0 Å². The van der Waals surface area contributed by atoms with E-state index in [4.69, 9.17) is 5.14 Å². The van der Waals surface area contributed by atoms with Gasteiger partial charge in [0.15, 0.2) is 5.82 Å². The van der Waals surface area contributed by atoms with Crippen LogP contribution in [-0.2, 0) is 10.0 Å². The van der Waals surface area contributed by atoms with Crippen LogP contribution in [0.2, 0.25) is 0 Å². The highest BCUT2D eigenvalue weighted by molar-refractivity contribution is 7.98. The molecule has 3 aromatic rings. The fourth-order valence-electron chi connectivity index (χ4n) is 2.73. The molecule has 1 amide bonds. The molecule has 8 nitrogen and oxygen atoms in total. The van der Waals surface area contributed by atoms with Crippen LogP contribution in [0.3, 0.4) is 0 Å². The molecule has 0 atom stereocenters. The topological polar surface area (TPSA) is 127 Å². The van der Waals surface area contributed by atoms with Gasteiger partial charge in [-0.3, -0.25) is 4.79 Å². The van der Waals surface area contributed by atoms with Crippen molar-refractivity contribution in [3.05, 3.63) is 59.7 Å². The molecule has 156 valence electrons. The number of carbonyl (C=O) groups is 1. The smallest absolute Gasteiger partial charge is 0.262 e. The molecule has 3 rings (SSSR count). The third kappa shape index (κ3) is 4.78. The minimum Gasteiger partial charge on any atom is -0.372 e. The van der Waals surface area contributed by atoms with Gasteiger partial charge in [-0.15, -0.1) is 11.8 Å². The van der Waals surface area contributed by atoms with E-state index in [0.29, 0.717) is 33.5 Å². The molecular formula is C20H21N5O3S2. The summed E-state index contributed by atoms with van der Waals surface area (Å²) in [6, 6.07) is 13.4. The van der Waals surface area contributed by atoms with E-state index in [2.05, 4.69) is 20.6 Å². The zero-order valence-electron chi connectivity index (χ0n) is 16.6. The van der Waals surface area contributed by atoms with Gasteiger partial charge in [-0.05, 0) is 49.6 Å². The number of anilines is 2. The van der Waals surface area contributed by atoms with Crippen molar-refractivity contribution in [1.82, 2.24) is 9.97 Å². The number of nitrogens with one attached hydrogen (secondary N) is 2. The Morgan fingerprint density at radius 2 is 1.67 bits per heavy atom.